The molecule has 140 valence electrons. The summed E-state index contributed by atoms with van der Waals surface area (Å²) in [7, 11) is -2.33. The number of halogens is 2. The summed E-state index contributed by atoms with van der Waals surface area (Å²) in [5.74, 6) is -1.52. The van der Waals surface area contributed by atoms with E-state index in [4.69, 9.17) is 4.74 Å². The third-order valence-electron chi connectivity index (χ3n) is 5.06. The second-order valence-corrected chi connectivity index (χ2v) is 8.38. The molecule has 1 N–H and O–H groups in total. The van der Waals surface area contributed by atoms with Crippen LogP contribution in [0.5, 0.6) is 5.75 Å². The zero-order valence-corrected chi connectivity index (χ0v) is 15.3. The number of nitrogens with one attached hydrogen (secondary N) is 1. The summed E-state index contributed by atoms with van der Waals surface area (Å²) in [6.45, 7) is 0.209. The van der Waals surface area contributed by atoms with Gasteiger partial charge in [-0.3, -0.25) is 0 Å². The van der Waals surface area contributed by atoms with E-state index >= 15 is 0 Å². The second kappa shape index (κ2) is 7.32. The molecule has 1 saturated carbocycles. The summed E-state index contributed by atoms with van der Waals surface area (Å²) in [5, 5.41) is 0. The monoisotopic (exact) mass is 381 g/mol. The van der Waals surface area contributed by atoms with E-state index < -0.39 is 21.7 Å². The highest BCUT2D eigenvalue weighted by atomic mass is 32.2. The number of ether oxygens (including phenoxy) is 1. The summed E-state index contributed by atoms with van der Waals surface area (Å²) in [5.41, 5.74) is 0.738. The Morgan fingerprint density at radius 1 is 1.04 bits per heavy atom. The number of rotatable bonds is 6. The first-order valence-corrected chi connectivity index (χ1v) is 9.94. The normalized spacial score (nSPS) is 16.6. The van der Waals surface area contributed by atoms with Crippen LogP contribution in [-0.4, -0.2) is 22.1 Å². The third-order valence-corrected chi connectivity index (χ3v) is 6.46. The van der Waals surface area contributed by atoms with Gasteiger partial charge in [0, 0.05) is 12.0 Å². The van der Waals surface area contributed by atoms with Crippen molar-refractivity contribution in [2.75, 3.05) is 13.7 Å². The van der Waals surface area contributed by atoms with Crippen molar-refractivity contribution in [2.45, 2.75) is 36.0 Å². The molecule has 0 aliphatic heterocycles. The largest absolute Gasteiger partial charge is 0.497 e. The molecule has 0 unspecified atom stereocenters. The molecule has 26 heavy (non-hydrogen) atoms. The Balaban J connectivity index is 1.83. The van der Waals surface area contributed by atoms with Gasteiger partial charge in [-0.15, -0.1) is 0 Å². The maximum absolute atomic E-state index is 13.4. The fourth-order valence-corrected chi connectivity index (χ4v) is 4.66. The minimum atomic E-state index is -3.93. The Labute approximate surface area is 152 Å². The second-order valence-electron chi connectivity index (χ2n) is 6.62. The van der Waals surface area contributed by atoms with Gasteiger partial charge in [-0.2, -0.15) is 0 Å². The lowest BCUT2D eigenvalue weighted by Crippen LogP contribution is -2.39. The minimum absolute atomic E-state index is 0.209. The summed E-state index contributed by atoms with van der Waals surface area (Å²) in [6, 6.07) is 10.2. The molecule has 1 aliphatic rings. The summed E-state index contributed by atoms with van der Waals surface area (Å²) in [6.07, 6.45) is 3.75. The van der Waals surface area contributed by atoms with Gasteiger partial charge in [0.15, 0.2) is 11.6 Å². The molecule has 1 fully saturated rings. The Morgan fingerprint density at radius 3 is 2.27 bits per heavy atom. The van der Waals surface area contributed by atoms with Crippen LogP contribution in [0.4, 0.5) is 8.78 Å². The first-order chi connectivity index (χ1) is 12.4. The average Bonchev–Trinajstić information content (AvgIpc) is 3.13. The van der Waals surface area contributed by atoms with Crippen molar-refractivity contribution in [3.05, 3.63) is 59.7 Å². The lowest BCUT2D eigenvalue weighted by Gasteiger charge is -2.30. The number of sulfonamides is 1. The molecule has 3 rings (SSSR count). The summed E-state index contributed by atoms with van der Waals surface area (Å²) >= 11 is 0. The van der Waals surface area contributed by atoms with Crippen LogP contribution in [0.15, 0.2) is 47.4 Å². The predicted molar refractivity (Wildman–Crippen MR) is 94.7 cm³/mol. The molecule has 2 aromatic carbocycles. The van der Waals surface area contributed by atoms with Gasteiger partial charge in [-0.25, -0.2) is 21.9 Å². The highest BCUT2D eigenvalue weighted by Crippen LogP contribution is 2.41. The molecule has 2 aromatic rings. The van der Waals surface area contributed by atoms with Gasteiger partial charge in [0.1, 0.15) is 5.75 Å². The van der Waals surface area contributed by atoms with Crippen molar-refractivity contribution >= 4 is 10.0 Å². The van der Waals surface area contributed by atoms with Gasteiger partial charge in [0.05, 0.1) is 12.0 Å². The maximum Gasteiger partial charge on any atom is 0.240 e. The molecule has 0 heterocycles. The molecular formula is C19H21F2NO3S. The molecule has 7 heteroatoms. The van der Waals surface area contributed by atoms with Crippen molar-refractivity contribution in [3.8, 4) is 5.75 Å². The van der Waals surface area contributed by atoms with Gasteiger partial charge < -0.3 is 4.74 Å². The molecule has 1 aliphatic carbocycles. The van der Waals surface area contributed by atoms with Gasteiger partial charge in [-0.1, -0.05) is 25.0 Å². The van der Waals surface area contributed by atoms with E-state index in [1.807, 2.05) is 24.3 Å². The van der Waals surface area contributed by atoms with Crippen molar-refractivity contribution in [1.29, 1.82) is 0 Å². The van der Waals surface area contributed by atoms with Gasteiger partial charge in [0.2, 0.25) is 10.0 Å². The first kappa shape index (κ1) is 18.8. The van der Waals surface area contributed by atoms with Crippen LogP contribution < -0.4 is 9.46 Å². The molecular weight excluding hydrogens is 360 g/mol. The zero-order valence-electron chi connectivity index (χ0n) is 14.5. The van der Waals surface area contributed by atoms with E-state index in [0.717, 1.165) is 49.1 Å². The van der Waals surface area contributed by atoms with E-state index in [1.165, 1.54) is 0 Å². The molecule has 0 saturated heterocycles. The van der Waals surface area contributed by atoms with Crippen LogP contribution in [-0.2, 0) is 15.4 Å². The first-order valence-electron chi connectivity index (χ1n) is 8.46. The molecule has 0 bridgehead atoms. The minimum Gasteiger partial charge on any atom is -0.497 e. The van der Waals surface area contributed by atoms with Crippen LogP contribution in [0.25, 0.3) is 0 Å². The van der Waals surface area contributed by atoms with Crippen LogP contribution in [0.1, 0.15) is 31.2 Å². The predicted octanol–water partition coefficient (Wildman–Crippen LogP) is 3.76. The Hall–Kier alpha value is -1.99. The van der Waals surface area contributed by atoms with Crippen LogP contribution in [0, 0.1) is 11.6 Å². The molecule has 4 nitrogen and oxygen atoms in total. The quantitative estimate of drug-likeness (QED) is 0.829. The van der Waals surface area contributed by atoms with E-state index in [1.54, 1.807) is 7.11 Å². The molecule has 0 spiro atoms. The van der Waals surface area contributed by atoms with Crippen molar-refractivity contribution in [1.82, 2.24) is 4.72 Å². The fraction of sp³-hybridized carbons (Fsp3) is 0.368. The maximum atomic E-state index is 13.4. The molecule has 0 atom stereocenters. The SMILES string of the molecule is COc1ccc(C2(CNS(=O)(=O)c3ccc(F)c(F)c3)CCCC2)cc1. The lowest BCUT2D eigenvalue weighted by molar-refractivity contribution is 0.410. The van der Waals surface area contributed by atoms with E-state index in [-0.39, 0.29) is 16.9 Å². The highest BCUT2D eigenvalue weighted by Gasteiger charge is 2.36. The smallest absolute Gasteiger partial charge is 0.240 e. The fourth-order valence-electron chi connectivity index (χ4n) is 3.52. The van der Waals surface area contributed by atoms with Crippen LogP contribution in [0.3, 0.4) is 0 Å². The average molecular weight is 381 g/mol. The third kappa shape index (κ3) is 3.73. The molecule has 0 aromatic heterocycles. The number of hydrogen-bond donors (Lipinski definition) is 1. The number of hydrogen-bond acceptors (Lipinski definition) is 3. The number of benzene rings is 2. The molecule has 0 radical (unpaired) electrons. The number of methoxy groups -OCH3 is 1. The van der Waals surface area contributed by atoms with Gasteiger partial charge in [0.25, 0.3) is 0 Å². The summed E-state index contributed by atoms with van der Waals surface area (Å²) < 4.78 is 59.2. The lowest BCUT2D eigenvalue weighted by atomic mass is 9.79. The topological polar surface area (TPSA) is 55.4 Å². The van der Waals surface area contributed by atoms with E-state index in [0.29, 0.717) is 6.07 Å². The molecule has 0 amide bonds. The van der Waals surface area contributed by atoms with Crippen molar-refractivity contribution < 1.29 is 21.9 Å². The van der Waals surface area contributed by atoms with Crippen LogP contribution in [0.2, 0.25) is 0 Å². The Bertz CT molecular complexity index is 876. The Kier molecular flexibility index (Phi) is 5.29. The van der Waals surface area contributed by atoms with Crippen molar-refractivity contribution in [3.63, 3.8) is 0 Å². The highest BCUT2D eigenvalue weighted by molar-refractivity contribution is 7.89. The van der Waals surface area contributed by atoms with Gasteiger partial charge in [-0.05, 0) is 48.7 Å². The van der Waals surface area contributed by atoms with Gasteiger partial charge >= 0.3 is 0 Å². The van der Waals surface area contributed by atoms with E-state index in [2.05, 4.69) is 4.72 Å². The Morgan fingerprint density at radius 2 is 1.69 bits per heavy atom. The van der Waals surface area contributed by atoms with Crippen LogP contribution >= 0.6 is 0 Å². The van der Waals surface area contributed by atoms with Crippen molar-refractivity contribution in [2.24, 2.45) is 0 Å². The zero-order chi connectivity index (χ0) is 18.8. The van der Waals surface area contributed by atoms with E-state index in [9.17, 15) is 17.2 Å². The summed E-state index contributed by atoms with van der Waals surface area (Å²) in [4.78, 5) is -0.278. The standard InChI is InChI=1S/C19H21F2NO3S/c1-25-15-6-4-14(5-7-15)19(10-2-3-11-19)13-22-26(23,24)16-8-9-17(20)18(21)12-16/h4-9,12,22H,2-3,10-11,13H2,1H3.